The quantitative estimate of drug-likeness (QED) is 0.853. The van der Waals surface area contributed by atoms with E-state index in [9.17, 15) is 4.79 Å². The highest BCUT2D eigenvalue weighted by atomic mass is 16.2. The fraction of sp³-hybridized carbons (Fsp3) is 0.412. The van der Waals surface area contributed by atoms with E-state index >= 15 is 0 Å². The van der Waals surface area contributed by atoms with Crippen molar-refractivity contribution < 1.29 is 4.79 Å². The topological polar surface area (TPSA) is 78.0 Å². The molecule has 3 heterocycles. The SMILES string of the molecule is CN(C(=O)c1cnn(C)c1)C1CCN(c2ccc(C#N)cn2)CC1. The zero-order valence-corrected chi connectivity index (χ0v) is 13.9. The van der Waals surface area contributed by atoms with Gasteiger partial charge in [-0.1, -0.05) is 0 Å². The molecule has 24 heavy (non-hydrogen) atoms. The first-order chi connectivity index (χ1) is 11.6. The van der Waals surface area contributed by atoms with Gasteiger partial charge >= 0.3 is 0 Å². The van der Waals surface area contributed by atoms with Gasteiger partial charge in [-0.05, 0) is 25.0 Å². The number of nitrogens with zero attached hydrogens (tertiary/aromatic N) is 6. The lowest BCUT2D eigenvalue weighted by atomic mass is 10.0. The summed E-state index contributed by atoms with van der Waals surface area (Å²) in [6.07, 6.45) is 6.73. The third-order valence-electron chi connectivity index (χ3n) is 4.49. The van der Waals surface area contributed by atoms with Crippen molar-refractivity contribution in [3.63, 3.8) is 0 Å². The van der Waals surface area contributed by atoms with Crippen molar-refractivity contribution in [2.75, 3.05) is 25.0 Å². The van der Waals surface area contributed by atoms with E-state index in [2.05, 4.69) is 21.1 Å². The van der Waals surface area contributed by atoms with Gasteiger partial charge in [0.15, 0.2) is 0 Å². The smallest absolute Gasteiger partial charge is 0.257 e. The zero-order chi connectivity index (χ0) is 17.1. The van der Waals surface area contributed by atoms with E-state index in [0.29, 0.717) is 11.1 Å². The van der Waals surface area contributed by atoms with Gasteiger partial charge in [0.05, 0.1) is 17.3 Å². The van der Waals surface area contributed by atoms with Crippen molar-refractivity contribution in [1.29, 1.82) is 5.26 Å². The summed E-state index contributed by atoms with van der Waals surface area (Å²) in [5, 5.41) is 12.9. The average molecular weight is 324 g/mol. The number of amides is 1. The van der Waals surface area contributed by atoms with Crippen molar-refractivity contribution in [3.05, 3.63) is 41.9 Å². The van der Waals surface area contributed by atoms with E-state index in [4.69, 9.17) is 5.26 Å². The molecule has 1 aliphatic rings. The van der Waals surface area contributed by atoms with E-state index in [1.165, 1.54) is 0 Å². The van der Waals surface area contributed by atoms with Gasteiger partial charge in [-0.2, -0.15) is 10.4 Å². The Morgan fingerprint density at radius 2 is 2.08 bits per heavy atom. The third kappa shape index (κ3) is 3.23. The Labute approximate surface area is 141 Å². The lowest BCUT2D eigenvalue weighted by Gasteiger charge is -2.37. The van der Waals surface area contributed by atoms with Gasteiger partial charge in [0, 0.05) is 45.6 Å². The Balaban J connectivity index is 1.60. The van der Waals surface area contributed by atoms with Gasteiger partial charge < -0.3 is 9.80 Å². The fourth-order valence-corrected chi connectivity index (χ4v) is 3.02. The number of pyridine rings is 1. The van der Waals surface area contributed by atoms with Gasteiger partial charge in [-0.15, -0.1) is 0 Å². The van der Waals surface area contributed by atoms with Crippen LogP contribution in [0.15, 0.2) is 30.7 Å². The maximum absolute atomic E-state index is 12.5. The number of hydrogen-bond acceptors (Lipinski definition) is 5. The predicted octanol–water partition coefficient (Wildman–Crippen LogP) is 1.43. The van der Waals surface area contributed by atoms with Crippen LogP contribution in [0.2, 0.25) is 0 Å². The normalized spacial score (nSPS) is 15.1. The Bertz CT molecular complexity index is 752. The molecule has 2 aromatic heterocycles. The van der Waals surface area contributed by atoms with Crippen molar-refractivity contribution in [3.8, 4) is 6.07 Å². The molecule has 3 rings (SSSR count). The second-order valence-corrected chi connectivity index (χ2v) is 6.05. The van der Waals surface area contributed by atoms with Gasteiger partial charge in [-0.3, -0.25) is 9.48 Å². The van der Waals surface area contributed by atoms with Crippen molar-refractivity contribution in [2.45, 2.75) is 18.9 Å². The summed E-state index contributed by atoms with van der Waals surface area (Å²) in [5.74, 6) is 0.895. The van der Waals surface area contributed by atoms with Crippen LogP contribution in [0.25, 0.3) is 0 Å². The molecule has 0 bridgehead atoms. The molecular formula is C17H20N6O. The molecular weight excluding hydrogens is 304 g/mol. The lowest BCUT2D eigenvalue weighted by molar-refractivity contribution is 0.0709. The molecule has 124 valence electrons. The first-order valence-corrected chi connectivity index (χ1v) is 7.95. The van der Waals surface area contributed by atoms with Crippen LogP contribution >= 0.6 is 0 Å². The average Bonchev–Trinajstić information content (AvgIpc) is 3.07. The molecule has 1 fully saturated rings. The predicted molar refractivity (Wildman–Crippen MR) is 89.5 cm³/mol. The maximum Gasteiger partial charge on any atom is 0.257 e. The molecule has 0 aromatic carbocycles. The molecule has 0 aliphatic carbocycles. The number of rotatable bonds is 3. The van der Waals surface area contributed by atoms with E-state index in [0.717, 1.165) is 31.7 Å². The number of anilines is 1. The second kappa shape index (κ2) is 6.71. The Morgan fingerprint density at radius 1 is 1.33 bits per heavy atom. The molecule has 0 N–H and O–H groups in total. The Kier molecular flexibility index (Phi) is 4.47. The molecule has 0 radical (unpaired) electrons. The molecule has 2 aromatic rings. The van der Waals surface area contributed by atoms with Crippen LogP contribution in [0, 0.1) is 11.3 Å². The lowest BCUT2D eigenvalue weighted by Crippen LogP contribution is -2.45. The number of aromatic nitrogens is 3. The molecule has 0 spiro atoms. The molecule has 7 heteroatoms. The summed E-state index contributed by atoms with van der Waals surface area (Å²) in [4.78, 5) is 20.9. The Hall–Kier alpha value is -2.88. The third-order valence-corrected chi connectivity index (χ3v) is 4.49. The summed E-state index contributed by atoms with van der Waals surface area (Å²) < 4.78 is 1.64. The summed E-state index contributed by atoms with van der Waals surface area (Å²) in [5.41, 5.74) is 1.19. The van der Waals surface area contributed by atoms with Gasteiger partial charge in [0.25, 0.3) is 5.91 Å². The fourth-order valence-electron chi connectivity index (χ4n) is 3.02. The van der Waals surface area contributed by atoms with Gasteiger partial charge in [0.2, 0.25) is 0 Å². The van der Waals surface area contributed by atoms with Crippen LogP contribution in [-0.4, -0.2) is 51.8 Å². The molecule has 0 atom stereocenters. The molecule has 0 saturated carbocycles. The minimum atomic E-state index is 0.0121. The number of hydrogen-bond donors (Lipinski definition) is 0. The molecule has 1 aliphatic heterocycles. The minimum absolute atomic E-state index is 0.0121. The largest absolute Gasteiger partial charge is 0.356 e. The highest BCUT2D eigenvalue weighted by Gasteiger charge is 2.27. The monoisotopic (exact) mass is 324 g/mol. The molecule has 7 nitrogen and oxygen atoms in total. The first-order valence-electron chi connectivity index (χ1n) is 7.95. The second-order valence-electron chi connectivity index (χ2n) is 6.05. The number of aryl methyl sites for hydroxylation is 1. The van der Waals surface area contributed by atoms with Crippen LogP contribution in [0.1, 0.15) is 28.8 Å². The highest BCUT2D eigenvalue weighted by Crippen LogP contribution is 2.21. The molecule has 1 amide bonds. The number of piperidine rings is 1. The standard InChI is InChI=1S/C17H20N6O/c1-21-12-14(11-20-21)17(24)22(2)15-5-7-23(8-6-15)16-4-3-13(9-18)10-19-16/h3-4,10-12,15H,5-8H2,1-2H3. The van der Waals surface area contributed by atoms with Crippen molar-refractivity contribution >= 4 is 11.7 Å². The van der Waals surface area contributed by atoms with Crippen LogP contribution in [-0.2, 0) is 7.05 Å². The molecule has 0 unspecified atom stereocenters. The number of carbonyl (C=O) groups is 1. The summed E-state index contributed by atoms with van der Waals surface area (Å²) in [6, 6.07) is 5.95. The highest BCUT2D eigenvalue weighted by molar-refractivity contribution is 5.93. The van der Waals surface area contributed by atoms with Crippen LogP contribution < -0.4 is 4.90 Å². The number of nitriles is 1. The van der Waals surface area contributed by atoms with E-state index in [-0.39, 0.29) is 11.9 Å². The minimum Gasteiger partial charge on any atom is -0.356 e. The van der Waals surface area contributed by atoms with Gasteiger partial charge in [-0.25, -0.2) is 4.98 Å². The van der Waals surface area contributed by atoms with E-state index < -0.39 is 0 Å². The summed E-state index contributed by atoms with van der Waals surface area (Å²) in [7, 11) is 3.66. The van der Waals surface area contributed by atoms with E-state index in [1.54, 1.807) is 36.4 Å². The van der Waals surface area contributed by atoms with Crippen molar-refractivity contribution in [2.24, 2.45) is 7.05 Å². The first kappa shape index (κ1) is 16.0. The zero-order valence-electron chi connectivity index (χ0n) is 13.9. The summed E-state index contributed by atoms with van der Waals surface area (Å²) in [6.45, 7) is 1.68. The van der Waals surface area contributed by atoms with E-state index in [1.807, 2.05) is 18.0 Å². The Morgan fingerprint density at radius 3 is 2.62 bits per heavy atom. The van der Waals surface area contributed by atoms with Crippen molar-refractivity contribution in [1.82, 2.24) is 19.7 Å². The number of carbonyl (C=O) groups excluding carboxylic acids is 1. The van der Waals surface area contributed by atoms with Crippen LogP contribution in [0.4, 0.5) is 5.82 Å². The summed E-state index contributed by atoms with van der Waals surface area (Å²) >= 11 is 0. The maximum atomic E-state index is 12.5. The van der Waals surface area contributed by atoms with Crippen LogP contribution in [0.3, 0.4) is 0 Å². The molecule has 1 saturated heterocycles. The van der Waals surface area contributed by atoms with Gasteiger partial charge in [0.1, 0.15) is 11.9 Å². The van der Waals surface area contributed by atoms with Crippen LogP contribution in [0.5, 0.6) is 0 Å².